The lowest BCUT2D eigenvalue weighted by Gasteiger charge is -2.10. The summed E-state index contributed by atoms with van der Waals surface area (Å²) in [6, 6.07) is 5.29. The molecule has 0 radical (unpaired) electrons. The fraction of sp³-hybridized carbons (Fsp3) is 0.308. The normalized spacial score (nSPS) is 11.8. The van der Waals surface area contributed by atoms with Gasteiger partial charge in [0.1, 0.15) is 0 Å². The number of aromatic nitrogens is 2. The molecule has 0 unspecified atom stereocenters. The molecule has 1 aromatic carbocycles. The van der Waals surface area contributed by atoms with Gasteiger partial charge in [0.25, 0.3) is 0 Å². The second-order valence-corrected chi connectivity index (χ2v) is 4.25. The summed E-state index contributed by atoms with van der Waals surface area (Å²) < 4.78 is 39.8. The molecule has 0 saturated carbocycles. The van der Waals surface area contributed by atoms with Crippen LogP contribution in [0.5, 0.6) is 0 Å². The van der Waals surface area contributed by atoms with Crippen molar-refractivity contribution in [1.82, 2.24) is 15.1 Å². The van der Waals surface area contributed by atoms with Gasteiger partial charge in [-0.25, -0.2) is 0 Å². The third-order valence-electron chi connectivity index (χ3n) is 2.85. The summed E-state index contributed by atoms with van der Waals surface area (Å²) in [5, 5.41) is 7.08. The number of alkyl halides is 3. The van der Waals surface area contributed by atoms with Gasteiger partial charge >= 0.3 is 6.18 Å². The zero-order valence-corrected chi connectivity index (χ0v) is 10.6. The summed E-state index contributed by atoms with van der Waals surface area (Å²) in [6.45, 7) is 0.555. The Labute approximate surface area is 109 Å². The standard InChI is InChI=1S/C13H14F3N3/c1-17-7-10-8-18-19(2)12(10)9-4-3-5-11(6-9)13(14,15)16/h3-6,8,17H,7H2,1-2H3. The van der Waals surface area contributed by atoms with E-state index in [1.54, 1.807) is 31.0 Å². The van der Waals surface area contributed by atoms with E-state index in [1.165, 1.54) is 6.07 Å². The molecule has 0 saturated heterocycles. The topological polar surface area (TPSA) is 29.9 Å². The second-order valence-electron chi connectivity index (χ2n) is 4.25. The molecule has 0 amide bonds. The lowest BCUT2D eigenvalue weighted by Crippen LogP contribution is -2.07. The van der Waals surface area contributed by atoms with Crippen LogP contribution < -0.4 is 5.32 Å². The molecule has 0 atom stereocenters. The minimum absolute atomic E-state index is 0.514. The summed E-state index contributed by atoms with van der Waals surface area (Å²) in [5.41, 5.74) is 1.42. The van der Waals surface area contributed by atoms with Crippen LogP contribution in [-0.2, 0) is 19.8 Å². The molecule has 0 bridgehead atoms. The first kappa shape index (κ1) is 13.6. The zero-order valence-electron chi connectivity index (χ0n) is 10.6. The van der Waals surface area contributed by atoms with Crippen molar-refractivity contribution in [3.63, 3.8) is 0 Å². The molecule has 1 aromatic heterocycles. The van der Waals surface area contributed by atoms with Crippen molar-refractivity contribution in [3.8, 4) is 11.3 Å². The summed E-state index contributed by atoms with van der Waals surface area (Å²) in [5.74, 6) is 0. The van der Waals surface area contributed by atoms with Crippen molar-refractivity contribution in [1.29, 1.82) is 0 Å². The Kier molecular flexibility index (Phi) is 3.61. The first-order chi connectivity index (χ1) is 8.93. The van der Waals surface area contributed by atoms with Gasteiger partial charge in [-0.1, -0.05) is 12.1 Å². The van der Waals surface area contributed by atoms with Crippen molar-refractivity contribution in [2.24, 2.45) is 7.05 Å². The fourth-order valence-electron chi connectivity index (χ4n) is 2.02. The van der Waals surface area contributed by atoms with Crippen LogP contribution in [0.1, 0.15) is 11.1 Å². The average Bonchev–Trinajstić information content (AvgIpc) is 2.70. The number of halogens is 3. The molecule has 0 fully saturated rings. The van der Waals surface area contributed by atoms with Crippen molar-refractivity contribution < 1.29 is 13.2 Å². The first-order valence-corrected chi connectivity index (χ1v) is 5.76. The molecule has 1 heterocycles. The largest absolute Gasteiger partial charge is 0.416 e. The van der Waals surface area contributed by atoms with E-state index >= 15 is 0 Å². The van der Waals surface area contributed by atoms with Crippen molar-refractivity contribution in [3.05, 3.63) is 41.6 Å². The smallest absolute Gasteiger partial charge is 0.316 e. The Hall–Kier alpha value is -1.82. The lowest BCUT2D eigenvalue weighted by molar-refractivity contribution is -0.137. The number of aryl methyl sites for hydroxylation is 1. The Morgan fingerprint density at radius 1 is 1.32 bits per heavy atom. The maximum absolute atomic E-state index is 12.7. The fourth-order valence-corrected chi connectivity index (χ4v) is 2.02. The summed E-state index contributed by atoms with van der Waals surface area (Å²) in [6.07, 6.45) is -2.68. The Balaban J connectivity index is 2.50. The molecule has 3 nitrogen and oxygen atoms in total. The Morgan fingerprint density at radius 2 is 2.05 bits per heavy atom. The van der Waals surface area contributed by atoms with E-state index in [-0.39, 0.29) is 0 Å². The minimum atomic E-state index is -4.34. The highest BCUT2D eigenvalue weighted by Crippen LogP contribution is 2.32. The quantitative estimate of drug-likeness (QED) is 0.928. The minimum Gasteiger partial charge on any atom is -0.316 e. The van der Waals surface area contributed by atoms with Crippen LogP contribution in [-0.4, -0.2) is 16.8 Å². The third kappa shape index (κ3) is 2.78. The number of nitrogens with zero attached hydrogens (tertiary/aromatic N) is 2. The van der Waals surface area contributed by atoms with Gasteiger partial charge in [0.2, 0.25) is 0 Å². The first-order valence-electron chi connectivity index (χ1n) is 5.76. The van der Waals surface area contributed by atoms with Crippen molar-refractivity contribution in [2.75, 3.05) is 7.05 Å². The van der Waals surface area contributed by atoms with E-state index in [0.717, 1.165) is 17.7 Å². The maximum atomic E-state index is 12.7. The molecule has 0 aliphatic rings. The van der Waals surface area contributed by atoms with E-state index in [2.05, 4.69) is 10.4 Å². The zero-order chi connectivity index (χ0) is 14.0. The maximum Gasteiger partial charge on any atom is 0.416 e. The van der Waals surface area contributed by atoms with Crippen LogP contribution in [0.3, 0.4) is 0 Å². The van der Waals surface area contributed by atoms with Gasteiger partial charge < -0.3 is 5.32 Å². The average molecular weight is 269 g/mol. The van der Waals surface area contributed by atoms with Crippen molar-refractivity contribution in [2.45, 2.75) is 12.7 Å². The van der Waals surface area contributed by atoms with E-state index < -0.39 is 11.7 Å². The number of hydrogen-bond donors (Lipinski definition) is 1. The number of rotatable bonds is 3. The van der Waals surface area contributed by atoms with Crippen LogP contribution in [0, 0.1) is 0 Å². The SMILES string of the molecule is CNCc1cnn(C)c1-c1cccc(C(F)(F)F)c1. The van der Waals surface area contributed by atoms with Gasteiger partial charge in [0, 0.05) is 24.7 Å². The van der Waals surface area contributed by atoms with Gasteiger partial charge in [-0.2, -0.15) is 18.3 Å². The molecule has 1 N–H and O–H groups in total. The summed E-state index contributed by atoms with van der Waals surface area (Å²) in [4.78, 5) is 0. The van der Waals surface area contributed by atoms with Crippen LogP contribution in [0.4, 0.5) is 13.2 Å². The molecule has 2 aromatic rings. The van der Waals surface area contributed by atoms with E-state index in [0.29, 0.717) is 17.8 Å². The molecule has 0 aliphatic carbocycles. The monoisotopic (exact) mass is 269 g/mol. The van der Waals surface area contributed by atoms with Gasteiger partial charge in [0.15, 0.2) is 0 Å². The molecule has 6 heteroatoms. The summed E-state index contributed by atoms with van der Waals surface area (Å²) >= 11 is 0. The van der Waals surface area contributed by atoms with Gasteiger partial charge in [-0.3, -0.25) is 4.68 Å². The second kappa shape index (κ2) is 5.05. The number of nitrogens with one attached hydrogen (secondary N) is 1. The highest BCUT2D eigenvalue weighted by Gasteiger charge is 2.30. The molecule has 0 aliphatic heterocycles. The third-order valence-corrected chi connectivity index (χ3v) is 2.85. The number of benzene rings is 1. The van der Waals surface area contributed by atoms with Gasteiger partial charge in [0.05, 0.1) is 17.5 Å². The van der Waals surface area contributed by atoms with Gasteiger partial charge in [-0.15, -0.1) is 0 Å². The van der Waals surface area contributed by atoms with Crippen LogP contribution in [0.15, 0.2) is 30.5 Å². The van der Waals surface area contributed by atoms with Crippen molar-refractivity contribution >= 4 is 0 Å². The van der Waals surface area contributed by atoms with Crippen LogP contribution in [0.2, 0.25) is 0 Å². The van der Waals surface area contributed by atoms with E-state index in [4.69, 9.17) is 0 Å². The number of hydrogen-bond acceptors (Lipinski definition) is 2. The van der Waals surface area contributed by atoms with Gasteiger partial charge in [-0.05, 0) is 19.2 Å². The predicted octanol–water partition coefficient (Wildman–Crippen LogP) is 2.83. The van der Waals surface area contributed by atoms with Crippen LogP contribution >= 0.6 is 0 Å². The molecule has 19 heavy (non-hydrogen) atoms. The van der Waals surface area contributed by atoms with E-state index in [9.17, 15) is 13.2 Å². The molecular weight excluding hydrogens is 255 g/mol. The lowest BCUT2D eigenvalue weighted by atomic mass is 10.0. The Morgan fingerprint density at radius 3 is 2.68 bits per heavy atom. The molecular formula is C13H14F3N3. The molecule has 102 valence electrons. The van der Waals surface area contributed by atoms with Crippen LogP contribution in [0.25, 0.3) is 11.3 Å². The predicted molar refractivity (Wildman–Crippen MR) is 66.4 cm³/mol. The molecule has 2 rings (SSSR count). The Bertz CT molecular complexity index is 573. The molecule has 0 spiro atoms. The summed E-state index contributed by atoms with van der Waals surface area (Å²) in [7, 11) is 3.50. The highest BCUT2D eigenvalue weighted by molar-refractivity contribution is 5.64. The van der Waals surface area contributed by atoms with E-state index in [1.807, 2.05) is 0 Å². The highest BCUT2D eigenvalue weighted by atomic mass is 19.4.